The third-order valence-electron chi connectivity index (χ3n) is 6.86. The predicted octanol–water partition coefficient (Wildman–Crippen LogP) is 5.71. The molecule has 1 fully saturated rings. The van der Waals surface area contributed by atoms with E-state index in [4.69, 9.17) is 0 Å². The average molecular weight is 578 g/mol. The fourth-order valence-electron chi connectivity index (χ4n) is 4.73. The molecule has 0 aromatic carbocycles. The van der Waals surface area contributed by atoms with Crippen LogP contribution in [0.3, 0.4) is 0 Å². The second-order valence-electron chi connectivity index (χ2n) is 10.3. The lowest BCUT2D eigenvalue weighted by molar-refractivity contribution is -0.142. The zero-order chi connectivity index (χ0) is 29.4. The minimum Gasteiger partial charge on any atom is -0.390 e. The maximum Gasteiger partial charge on any atom is 0.408 e. The highest BCUT2D eigenvalue weighted by Crippen LogP contribution is 2.33. The first-order valence-electron chi connectivity index (χ1n) is 12.9. The Morgan fingerprint density at radius 1 is 1.10 bits per heavy atom. The zero-order valence-electron chi connectivity index (χ0n) is 22.2. The lowest BCUT2D eigenvalue weighted by Gasteiger charge is -2.33. The van der Waals surface area contributed by atoms with Gasteiger partial charge in [-0.3, -0.25) is 9.67 Å². The smallest absolute Gasteiger partial charge is 0.390 e. The molecule has 3 N–H and O–H groups in total. The van der Waals surface area contributed by atoms with E-state index in [-0.39, 0.29) is 17.7 Å². The van der Waals surface area contributed by atoms with Gasteiger partial charge < -0.3 is 15.7 Å². The molecule has 0 amide bonds. The summed E-state index contributed by atoms with van der Waals surface area (Å²) >= 11 is 0. The summed E-state index contributed by atoms with van der Waals surface area (Å²) in [6.45, 7) is -0.614. The number of aryl methyl sites for hydroxylation is 1. The van der Waals surface area contributed by atoms with Crippen LogP contribution in [0.4, 0.5) is 39.4 Å². The van der Waals surface area contributed by atoms with Gasteiger partial charge in [0.15, 0.2) is 0 Å². The third-order valence-corrected chi connectivity index (χ3v) is 6.86. The molecule has 1 aliphatic rings. The Morgan fingerprint density at radius 2 is 1.85 bits per heavy atom. The molecule has 0 atom stereocenters. The number of anilines is 3. The SMILES string of the molecule is Cc1nn(CC(F)(F)F)cc1-c1cc(Nc2ncc(-c3ccn(C(F)F)n3)c(NC3CCC(C)(O)CC3)n2)ccn1. The number of hydrogen-bond acceptors (Lipinski definition) is 8. The molecule has 41 heavy (non-hydrogen) atoms. The van der Waals surface area contributed by atoms with Crippen LogP contribution in [-0.4, -0.2) is 57.4 Å². The highest BCUT2D eigenvalue weighted by molar-refractivity contribution is 5.74. The minimum atomic E-state index is -4.41. The van der Waals surface area contributed by atoms with Crippen LogP contribution >= 0.6 is 0 Å². The van der Waals surface area contributed by atoms with Crippen molar-refractivity contribution < 1.29 is 27.1 Å². The molecule has 0 saturated heterocycles. The molecule has 4 aromatic rings. The number of nitrogens with one attached hydrogen (secondary N) is 2. The van der Waals surface area contributed by atoms with Gasteiger partial charge in [-0.25, -0.2) is 9.67 Å². The van der Waals surface area contributed by atoms with Crippen LogP contribution in [0.15, 0.2) is 43.0 Å². The summed E-state index contributed by atoms with van der Waals surface area (Å²) in [5.74, 6) is 0.570. The van der Waals surface area contributed by atoms with E-state index in [2.05, 4.69) is 35.8 Å². The quantitative estimate of drug-likeness (QED) is 0.228. The first kappa shape index (κ1) is 28.4. The maximum atomic E-state index is 13.2. The van der Waals surface area contributed by atoms with E-state index in [1.165, 1.54) is 30.9 Å². The molecule has 4 heterocycles. The molecular formula is C26H28F5N9O. The summed E-state index contributed by atoms with van der Waals surface area (Å²) in [7, 11) is 0. The largest absolute Gasteiger partial charge is 0.408 e. The van der Waals surface area contributed by atoms with E-state index in [0.717, 1.165) is 4.68 Å². The van der Waals surface area contributed by atoms with Gasteiger partial charge in [-0.2, -0.15) is 37.1 Å². The van der Waals surface area contributed by atoms with Crippen molar-refractivity contribution in [2.45, 2.75) is 70.4 Å². The second kappa shape index (κ2) is 11.0. The van der Waals surface area contributed by atoms with Crippen molar-refractivity contribution in [1.29, 1.82) is 0 Å². The van der Waals surface area contributed by atoms with Crippen LogP contribution in [0.2, 0.25) is 0 Å². The van der Waals surface area contributed by atoms with Crippen LogP contribution in [-0.2, 0) is 6.54 Å². The van der Waals surface area contributed by atoms with E-state index < -0.39 is 24.9 Å². The van der Waals surface area contributed by atoms with Gasteiger partial charge in [-0.1, -0.05) is 0 Å². The van der Waals surface area contributed by atoms with E-state index in [1.807, 2.05) is 0 Å². The summed E-state index contributed by atoms with van der Waals surface area (Å²) in [4.78, 5) is 13.2. The van der Waals surface area contributed by atoms with E-state index in [1.54, 1.807) is 26.0 Å². The molecule has 15 heteroatoms. The Labute approximate surface area is 231 Å². The van der Waals surface area contributed by atoms with Crippen molar-refractivity contribution in [3.05, 3.63) is 48.7 Å². The summed E-state index contributed by atoms with van der Waals surface area (Å²) in [5, 5.41) is 24.7. The molecule has 0 radical (unpaired) electrons. The summed E-state index contributed by atoms with van der Waals surface area (Å²) in [6.07, 6.45) is 3.57. The minimum absolute atomic E-state index is 0.0161. The van der Waals surface area contributed by atoms with E-state index >= 15 is 0 Å². The zero-order valence-corrected chi connectivity index (χ0v) is 22.2. The van der Waals surface area contributed by atoms with E-state index in [9.17, 15) is 27.1 Å². The van der Waals surface area contributed by atoms with Gasteiger partial charge in [0.1, 0.15) is 12.4 Å². The molecule has 5 rings (SSSR count). The van der Waals surface area contributed by atoms with Crippen LogP contribution in [0.25, 0.3) is 22.5 Å². The van der Waals surface area contributed by atoms with Gasteiger partial charge in [0.05, 0.1) is 28.2 Å². The number of aromatic nitrogens is 7. The molecular weight excluding hydrogens is 549 g/mol. The lowest BCUT2D eigenvalue weighted by atomic mass is 9.83. The highest BCUT2D eigenvalue weighted by Gasteiger charge is 2.30. The van der Waals surface area contributed by atoms with Gasteiger partial charge in [0.25, 0.3) is 0 Å². The maximum absolute atomic E-state index is 13.2. The molecule has 0 unspecified atom stereocenters. The Morgan fingerprint density at radius 3 is 2.54 bits per heavy atom. The molecule has 0 aliphatic heterocycles. The Kier molecular flexibility index (Phi) is 7.64. The average Bonchev–Trinajstić information content (AvgIpc) is 3.52. The fraction of sp³-hybridized carbons (Fsp3) is 0.423. The number of nitrogens with zero attached hydrogens (tertiary/aromatic N) is 7. The topological polar surface area (TPSA) is 119 Å². The van der Waals surface area contributed by atoms with Crippen LogP contribution < -0.4 is 10.6 Å². The monoisotopic (exact) mass is 577 g/mol. The van der Waals surface area contributed by atoms with Gasteiger partial charge in [0, 0.05) is 42.1 Å². The summed E-state index contributed by atoms with van der Waals surface area (Å²) < 4.78 is 66.2. The van der Waals surface area contributed by atoms with Crippen LogP contribution in [0.1, 0.15) is 44.9 Å². The van der Waals surface area contributed by atoms with Crippen LogP contribution in [0.5, 0.6) is 0 Å². The summed E-state index contributed by atoms with van der Waals surface area (Å²) in [6, 6.07) is 4.72. The van der Waals surface area contributed by atoms with Crippen LogP contribution in [0, 0.1) is 6.92 Å². The standard InChI is InChI=1S/C26H28F5N9O/c1-15-19(13-39(37-15)14-26(29,30)31)21-11-17(5-9-32-21)35-24-33-12-18(20-6-10-40(38-20)23(27)28)22(36-24)34-16-3-7-25(2,41)8-4-16/h5-6,9-13,16,23,41H,3-4,7-8,14H2,1-2H3,(H2,32,33,34,35,36). The second-order valence-corrected chi connectivity index (χ2v) is 10.3. The number of rotatable bonds is 8. The highest BCUT2D eigenvalue weighted by atomic mass is 19.4. The molecule has 1 saturated carbocycles. The number of alkyl halides is 5. The number of halogens is 5. The van der Waals surface area contributed by atoms with Gasteiger partial charge >= 0.3 is 12.7 Å². The van der Waals surface area contributed by atoms with Crippen molar-refractivity contribution in [3.8, 4) is 22.5 Å². The predicted molar refractivity (Wildman–Crippen MR) is 141 cm³/mol. The number of hydrogen-bond donors (Lipinski definition) is 3. The van der Waals surface area contributed by atoms with Gasteiger partial charge in [0.2, 0.25) is 5.95 Å². The lowest BCUT2D eigenvalue weighted by Crippen LogP contribution is -2.36. The Bertz CT molecular complexity index is 1510. The van der Waals surface area contributed by atoms with Crippen molar-refractivity contribution >= 4 is 17.5 Å². The van der Waals surface area contributed by atoms with Gasteiger partial charge in [-0.15, -0.1) is 0 Å². The molecule has 10 nitrogen and oxygen atoms in total. The Balaban J connectivity index is 1.41. The first-order chi connectivity index (χ1) is 19.3. The first-order valence-corrected chi connectivity index (χ1v) is 12.9. The van der Waals surface area contributed by atoms with Crippen molar-refractivity contribution in [2.24, 2.45) is 0 Å². The number of aliphatic hydroxyl groups is 1. The van der Waals surface area contributed by atoms with Crippen molar-refractivity contribution in [1.82, 2.24) is 34.5 Å². The molecule has 0 bridgehead atoms. The fourth-order valence-corrected chi connectivity index (χ4v) is 4.73. The van der Waals surface area contributed by atoms with E-state index in [0.29, 0.717) is 64.4 Å². The van der Waals surface area contributed by atoms with Gasteiger partial charge in [-0.05, 0) is 57.7 Å². The van der Waals surface area contributed by atoms with Crippen molar-refractivity contribution in [2.75, 3.05) is 10.6 Å². The third kappa shape index (κ3) is 6.96. The molecule has 1 aliphatic carbocycles. The molecule has 218 valence electrons. The normalized spacial score (nSPS) is 19.5. The van der Waals surface area contributed by atoms with Crippen molar-refractivity contribution in [3.63, 3.8) is 0 Å². The Hall–Kier alpha value is -4.14. The molecule has 0 spiro atoms. The molecule has 4 aromatic heterocycles. The summed E-state index contributed by atoms with van der Waals surface area (Å²) in [5.41, 5.74) is 1.71. The number of pyridine rings is 1.